The second-order valence-corrected chi connectivity index (χ2v) is 8.69. The van der Waals surface area contributed by atoms with Crippen LogP contribution in [0.25, 0.3) is 22.2 Å². The number of aliphatic hydroxyl groups excluding tert-OH is 1. The van der Waals surface area contributed by atoms with Crippen molar-refractivity contribution in [1.29, 1.82) is 0 Å². The van der Waals surface area contributed by atoms with Crippen LogP contribution >= 0.6 is 0 Å². The number of nitrogens with zero attached hydrogens (tertiary/aromatic N) is 2. The van der Waals surface area contributed by atoms with Gasteiger partial charge in [0.15, 0.2) is 6.10 Å². The van der Waals surface area contributed by atoms with Crippen LogP contribution in [0.5, 0.6) is 0 Å². The summed E-state index contributed by atoms with van der Waals surface area (Å²) in [5.74, 6) is -2.81. The monoisotopic (exact) mass is 523 g/mol. The van der Waals surface area contributed by atoms with Crippen LogP contribution < -0.4 is 27.9 Å². The molecule has 2 unspecified atom stereocenters. The van der Waals surface area contributed by atoms with Gasteiger partial charge >= 0.3 is 11.9 Å². The van der Waals surface area contributed by atoms with Crippen molar-refractivity contribution in [2.75, 3.05) is 0 Å². The SMILES string of the molecule is CC(C)C(NC(=O)Cn1c(-c2ccccc2)cc2c(=O)n(CC(N)=O)c(=O)[nH]c2c1=O)C(O)C(F)(F)F. The van der Waals surface area contributed by atoms with Crippen molar-refractivity contribution in [3.8, 4) is 11.3 Å². The fourth-order valence-electron chi connectivity index (χ4n) is 3.84. The maximum atomic E-state index is 13.4. The van der Waals surface area contributed by atoms with E-state index >= 15 is 0 Å². The lowest BCUT2D eigenvalue weighted by Crippen LogP contribution is -2.53. The highest BCUT2D eigenvalue weighted by Crippen LogP contribution is 2.26. The first-order valence-electron chi connectivity index (χ1n) is 11.0. The summed E-state index contributed by atoms with van der Waals surface area (Å²) >= 11 is 0. The van der Waals surface area contributed by atoms with Crippen LogP contribution in [-0.4, -0.2) is 49.4 Å². The van der Waals surface area contributed by atoms with Gasteiger partial charge < -0.3 is 21.1 Å². The number of fused-ring (bicyclic) bond motifs is 1. The molecule has 1 aromatic carbocycles. The highest BCUT2D eigenvalue weighted by Gasteiger charge is 2.45. The Bertz CT molecular complexity index is 1510. The number of hydrogen-bond acceptors (Lipinski definition) is 6. The molecule has 5 N–H and O–H groups in total. The number of aliphatic hydroxyl groups is 1. The van der Waals surface area contributed by atoms with E-state index in [9.17, 15) is 42.3 Å². The van der Waals surface area contributed by atoms with Crippen LogP contribution in [0.4, 0.5) is 13.2 Å². The summed E-state index contributed by atoms with van der Waals surface area (Å²) in [6.45, 7) is 1.21. The van der Waals surface area contributed by atoms with Gasteiger partial charge in [-0.2, -0.15) is 13.2 Å². The molecule has 14 heteroatoms. The molecule has 2 atom stereocenters. The molecule has 2 heterocycles. The van der Waals surface area contributed by atoms with Gasteiger partial charge in [0.2, 0.25) is 11.8 Å². The Morgan fingerprint density at radius 2 is 1.68 bits per heavy atom. The van der Waals surface area contributed by atoms with Crippen molar-refractivity contribution in [1.82, 2.24) is 19.4 Å². The molecule has 0 fully saturated rings. The van der Waals surface area contributed by atoms with Gasteiger partial charge in [-0.15, -0.1) is 0 Å². The van der Waals surface area contributed by atoms with Gasteiger partial charge in [0, 0.05) is 0 Å². The summed E-state index contributed by atoms with van der Waals surface area (Å²) in [4.78, 5) is 64.9. The van der Waals surface area contributed by atoms with Crippen molar-refractivity contribution in [3.05, 3.63) is 67.6 Å². The summed E-state index contributed by atoms with van der Waals surface area (Å²) in [7, 11) is 0. The van der Waals surface area contributed by atoms with E-state index in [1.165, 1.54) is 19.9 Å². The van der Waals surface area contributed by atoms with E-state index in [2.05, 4.69) is 10.3 Å². The first kappa shape index (κ1) is 27.4. The van der Waals surface area contributed by atoms with Crippen LogP contribution in [0, 0.1) is 5.92 Å². The minimum absolute atomic E-state index is 0.0421. The number of aromatic amines is 1. The number of H-pyrrole nitrogens is 1. The summed E-state index contributed by atoms with van der Waals surface area (Å²) in [5.41, 5.74) is 1.99. The Hall–Kier alpha value is -4.20. The van der Waals surface area contributed by atoms with Crippen LogP contribution in [0.3, 0.4) is 0 Å². The molecule has 0 saturated carbocycles. The van der Waals surface area contributed by atoms with Crippen molar-refractivity contribution in [3.63, 3.8) is 0 Å². The standard InChI is InChI=1S/C23H24F3N5O6/c1-11(2)17(19(34)23(24,25)26)28-16(33)10-30-14(12-6-4-3-5-7-12)8-13-18(21(30)36)29-22(37)31(20(13)35)9-15(27)32/h3-8,11,17,19,34H,9-10H2,1-2H3,(H2,27,32)(H,28,33)(H,29,37). The van der Waals surface area contributed by atoms with Crippen molar-refractivity contribution >= 4 is 22.7 Å². The van der Waals surface area contributed by atoms with E-state index in [0.717, 1.165) is 4.57 Å². The predicted octanol–water partition coefficient (Wildman–Crippen LogP) is 0.0678. The number of amides is 2. The number of primary amides is 1. The highest BCUT2D eigenvalue weighted by molar-refractivity contribution is 5.84. The van der Waals surface area contributed by atoms with Crippen LogP contribution in [0.2, 0.25) is 0 Å². The number of halogens is 3. The molecule has 3 rings (SSSR count). The van der Waals surface area contributed by atoms with Crippen LogP contribution in [0.15, 0.2) is 50.8 Å². The van der Waals surface area contributed by atoms with Gasteiger partial charge in [0.1, 0.15) is 18.6 Å². The van der Waals surface area contributed by atoms with E-state index in [-0.39, 0.29) is 11.1 Å². The molecule has 0 spiro atoms. The summed E-state index contributed by atoms with van der Waals surface area (Å²) in [5, 5.41) is 11.5. The second kappa shape index (κ2) is 10.4. The molecule has 0 aliphatic rings. The lowest BCUT2D eigenvalue weighted by atomic mass is 9.98. The third-order valence-corrected chi connectivity index (χ3v) is 5.66. The molecule has 11 nitrogen and oxygen atoms in total. The zero-order valence-corrected chi connectivity index (χ0v) is 19.7. The highest BCUT2D eigenvalue weighted by atomic mass is 19.4. The smallest absolute Gasteiger partial charge is 0.382 e. The number of pyridine rings is 1. The Morgan fingerprint density at radius 3 is 2.22 bits per heavy atom. The average Bonchev–Trinajstić information content (AvgIpc) is 2.81. The Balaban J connectivity index is 2.18. The van der Waals surface area contributed by atoms with Crippen molar-refractivity contribution < 1.29 is 27.9 Å². The minimum atomic E-state index is -5.00. The van der Waals surface area contributed by atoms with Crippen molar-refractivity contribution in [2.24, 2.45) is 11.7 Å². The Morgan fingerprint density at radius 1 is 1.05 bits per heavy atom. The number of hydrogen-bond donors (Lipinski definition) is 4. The fraction of sp³-hybridized carbons (Fsp3) is 0.348. The zero-order chi connectivity index (χ0) is 27.7. The third-order valence-electron chi connectivity index (χ3n) is 5.66. The third kappa shape index (κ3) is 5.80. The van der Waals surface area contributed by atoms with Gasteiger partial charge in [0.05, 0.1) is 17.1 Å². The largest absolute Gasteiger partial charge is 0.416 e. The first-order chi connectivity index (χ1) is 17.2. The van der Waals surface area contributed by atoms with Gasteiger partial charge in [-0.05, 0) is 17.5 Å². The Labute approximate surface area is 206 Å². The molecular formula is C23H24F3N5O6. The fourth-order valence-corrected chi connectivity index (χ4v) is 3.84. The van der Waals surface area contributed by atoms with E-state index in [1.54, 1.807) is 30.3 Å². The molecule has 0 aliphatic carbocycles. The van der Waals surface area contributed by atoms with Gasteiger partial charge in [-0.1, -0.05) is 44.2 Å². The van der Waals surface area contributed by atoms with E-state index in [1.807, 2.05) is 0 Å². The number of carbonyl (C=O) groups excluding carboxylic acids is 2. The van der Waals surface area contributed by atoms with Gasteiger partial charge in [-0.25, -0.2) is 4.79 Å². The van der Waals surface area contributed by atoms with Gasteiger partial charge in [0.25, 0.3) is 11.1 Å². The van der Waals surface area contributed by atoms with Crippen LogP contribution in [0.1, 0.15) is 13.8 Å². The normalized spacial score (nSPS) is 13.5. The summed E-state index contributed by atoms with van der Waals surface area (Å²) in [6.07, 6.45) is -7.85. The maximum absolute atomic E-state index is 13.4. The number of aromatic nitrogens is 3. The summed E-state index contributed by atoms with van der Waals surface area (Å²) in [6, 6.07) is 7.54. The molecule has 198 valence electrons. The average molecular weight is 523 g/mol. The molecule has 0 aliphatic heterocycles. The molecule has 0 saturated heterocycles. The van der Waals surface area contributed by atoms with E-state index in [4.69, 9.17) is 5.73 Å². The number of alkyl halides is 3. The predicted molar refractivity (Wildman–Crippen MR) is 127 cm³/mol. The Kier molecular flexibility index (Phi) is 7.71. The zero-order valence-electron chi connectivity index (χ0n) is 19.7. The molecule has 0 bridgehead atoms. The maximum Gasteiger partial charge on any atom is 0.416 e. The van der Waals surface area contributed by atoms with Crippen molar-refractivity contribution in [2.45, 2.75) is 45.3 Å². The number of nitrogens with one attached hydrogen (secondary N) is 2. The number of carbonyl (C=O) groups is 2. The first-order valence-corrected chi connectivity index (χ1v) is 11.0. The lowest BCUT2D eigenvalue weighted by molar-refractivity contribution is -0.215. The minimum Gasteiger partial charge on any atom is -0.382 e. The quantitative estimate of drug-likeness (QED) is 0.326. The molecule has 0 radical (unpaired) electrons. The number of nitrogens with two attached hydrogens (primary N) is 1. The van der Waals surface area contributed by atoms with Gasteiger partial charge in [-0.3, -0.25) is 28.3 Å². The molecule has 2 aromatic heterocycles. The molecule has 3 aromatic rings. The molecule has 37 heavy (non-hydrogen) atoms. The molecular weight excluding hydrogens is 499 g/mol. The second-order valence-electron chi connectivity index (χ2n) is 8.69. The number of rotatable bonds is 8. The van der Waals surface area contributed by atoms with E-state index in [0.29, 0.717) is 10.1 Å². The number of benzene rings is 1. The topological polar surface area (TPSA) is 169 Å². The van der Waals surface area contributed by atoms with E-state index < -0.39 is 71.5 Å². The lowest BCUT2D eigenvalue weighted by Gasteiger charge is -2.29. The summed E-state index contributed by atoms with van der Waals surface area (Å²) < 4.78 is 40.7. The van der Waals surface area contributed by atoms with Crippen LogP contribution in [-0.2, 0) is 22.7 Å². The molecule has 2 amide bonds.